The van der Waals surface area contributed by atoms with Gasteiger partial charge in [0, 0.05) is 20.1 Å². The molecule has 0 saturated carbocycles. The van der Waals surface area contributed by atoms with Gasteiger partial charge < -0.3 is 15.0 Å². The van der Waals surface area contributed by atoms with Gasteiger partial charge in [-0.1, -0.05) is 44.2 Å². The van der Waals surface area contributed by atoms with Crippen LogP contribution in [0.4, 0.5) is 17.6 Å². The highest BCUT2D eigenvalue weighted by Crippen LogP contribution is 2.51. The zero-order valence-corrected chi connectivity index (χ0v) is 22.1. The Balaban J connectivity index is 1.50. The number of benzene rings is 2. The number of piperidine rings is 1. The summed E-state index contributed by atoms with van der Waals surface area (Å²) < 4.78 is 55.9. The fourth-order valence-corrected chi connectivity index (χ4v) is 5.53. The number of imide groups is 1. The van der Waals surface area contributed by atoms with Crippen molar-refractivity contribution in [3.8, 4) is 5.75 Å². The standard InChI is InChI=1S/C28H29F4N3O5/c1-16(2)22(33-23(36)19-15-18(9-10-20(19)29)40-28(30,31)32)25(38)35-13-11-27(12-14-35)21(17-7-5-4-6-8-17)24(37)34(3)26(27)39/h4-10,15-16,21-22H,11-14H2,1-3H3,(H,33,36)/t21?,22-/m1/s1. The third-order valence-electron chi connectivity index (χ3n) is 7.60. The third kappa shape index (κ3) is 5.52. The van der Waals surface area contributed by atoms with E-state index < -0.39 is 58.6 Å². The minimum absolute atomic E-state index is 0.136. The maximum Gasteiger partial charge on any atom is 0.573 e. The maximum absolute atomic E-state index is 14.3. The molecule has 0 aliphatic carbocycles. The molecule has 40 heavy (non-hydrogen) atoms. The van der Waals surface area contributed by atoms with E-state index in [1.807, 2.05) is 6.07 Å². The van der Waals surface area contributed by atoms with Gasteiger partial charge in [0.1, 0.15) is 17.6 Å². The largest absolute Gasteiger partial charge is 0.573 e. The van der Waals surface area contributed by atoms with Crippen LogP contribution < -0.4 is 10.1 Å². The molecule has 0 bridgehead atoms. The first-order chi connectivity index (χ1) is 18.7. The molecule has 2 saturated heterocycles. The number of nitrogens with zero attached hydrogens (tertiary/aromatic N) is 2. The van der Waals surface area contributed by atoms with E-state index in [1.54, 1.807) is 38.1 Å². The number of ether oxygens (including phenoxy) is 1. The molecule has 214 valence electrons. The quantitative estimate of drug-likeness (QED) is 0.426. The zero-order valence-electron chi connectivity index (χ0n) is 22.1. The van der Waals surface area contributed by atoms with E-state index in [0.29, 0.717) is 12.1 Å². The molecule has 0 radical (unpaired) electrons. The van der Waals surface area contributed by atoms with Gasteiger partial charge in [0.2, 0.25) is 17.7 Å². The minimum atomic E-state index is -5.03. The smallest absolute Gasteiger partial charge is 0.406 e. The fourth-order valence-electron chi connectivity index (χ4n) is 5.53. The lowest BCUT2D eigenvalue weighted by atomic mass is 9.67. The number of amides is 4. The molecule has 2 aliphatic rings. The van der Waals surface area contributed by atoms with E-state index in [0.717, 1.165) is 16.5 Å². The number of halogens is 4. The van der Waals surface area contributed by atoms with Gasteiger partial charge in [-0.3, -0.25) is 24.1 Å². The fraction of sp³-hybridized carbons (Fsp3) is 0.429. The molecule has 1 spiro atoms. The van der Waals surface area contributed by atoms with Crippen molar-refractivity contribution in [2.45, 2.75) is 45.0 Å². The molecule has 2 aromatic rings. The van der Waals surface area contributed by atoms with Gasteiger partial charge in [-0.05, 0) is 42.5 Å². The van der Waals surface area contributed by atoms with Crippen molar-refractivity contribution in [3.05, 3.63) is 65.5 Å². The molecule has 4 amide bonds. The second kappa shape index (κ2) is 10.9. The number of hydrogen-bond acceptors (Lipinski definition) is 5. The summed E-state index contributed by atoms with van der Waals surface area (Å²) in [5.74, 6) is -5.16. The first kappa shape index (κ1) is 29.0. The predicted molar refractivity (Wildman–Crippen MR) is 134 cm³/mol. The average molecular weight is 564 g/mol. The van der Waals surface area contributed by atoms with Crippen LogP contribution in [0.1, 0.15) is 48.5 Å². The lowest BCUT2D eigenvalue weighted by Crippen LogP contribution is -2.55. The van der Waals surface area contributed by atoms with E-state index in [4.69, 9.17) is 0 Å². The number of likely N-dealkylation sites (tertiary alicyclic amines) is 2. The predicted octanol–water partition coefficient (Wildman–Crippen LogP) is 3.87. The normalized spacial score (nSPS) is 19.8. The van der Waals surface area contributed by atoms with Crippen molar-refractivity contribution in [2.24, 2.45) is 11.3 Å². The van der Waals surface area contributed by atoms with Crippen molar-refractivity contribution >= 4 is 23.6 Å². The lowest BCUT2D eigenvalue weighted by Gasteiger charge is -2.41. The summed E-state index contributed by atoms with van der Waals surface area (Å²) >= 11 is 0. The maximum atomic E-state index is 14.3. The van der Waals surface area contributed by atoms with E-state index in [2.05, 4.69) is 10.1 Å². The molecular weight excluding hydrogens is 534 g/mol. The average Bonchev–Trinajstić information content (AvgIpc) is 3.08. The zero-order chi connectivity index (χ0) is 29.4. The molecule has 1 unspecified atom stereocenters. The van der Waals surface area contributed by atoms with Crippen molar-refractivity contribution in [3.63, 3.8) is 0 Å². The van der Waals surface area contributed by atoms with Crippen molar-refractivity contribution in [1.29, 1.82) is 0 Å². The van der Waals surface area contributed by atoms with Gasteiger partial charge in [-0.25, -0.2) is 4.39 Å². The third-order valence-corrected chi connectivity index (χ3v) is 7.60. The Morgan fingerprint density at radius 1 is 1.05 bits per heavy atom. The van der Waals surface area contributed by atoms with Crippen LogP contribution >= 0.6 is 0 Å². The van der Waals surface area contributed by atoms with Crippen LogP contribution in [0.5, 0.6) is 5.75 Å². The Morgan fingerprint density at radius 2 is 1.68 bits per heavy atom. The van der Waals surface area contributed by atoms with E-state index in [-0.39, 0.29) is 37.7 Å². The molecule has 2 aromatic carbocycles. The monoisotopic (exact) mass is 563 g/mol. The summed E-state index contributed by atoms with van der Waals surface area (Å²) in [6, 6.07) is 9.90. The molecule has 1 N–H and O–H groups in total. The van der Waals surface area contributed by atoms with Crippen LogP contribution in [-0.2, 0) is 14.4 Å². The van der Waals surface area contributed by atoms with E-state index in [9.17, 15) is 36.7 Å². The van der Waals surface area contributed by atoms with Crippen molar-refractivity contribution in [1.82, 2.24) is 15.1 Å². The number of hydrogen-bond donors (Lipinski definition) is 1. The van der Waals surface area contributed by atoms with Crippen LogP contribution in [0.15, 0.2) is 48.5 Å². The number of carbonyl (C=O) groups is 4. The van der Waals surface area contributed by atoms with Gasteiger partial charge in [0.15, 0.2) is 0 Å². The van der Waals surface area contributed by atoms with Crippen LogP contribution in [-0.4, -0.2) is 66.0 Å². The van der Waals surface area contributed by atoms with Crippen LogP contribution in [0, 0.1) is 17.2 Å². The Labute approximate surface area is 228 Å². The first-order valence-corrected chi connectivity index (χ1v) is 12.8. The summed E-state index contributed by atoms with van der Waals surface area (Å²) in [4.78, 5) is 55.3. The second-order valence-electron chi connectivity index (χ2n) is 10.4. The summed E-state index contributed by atoms with van der Waals surface area (Å²) in [5.41, 5.74) is -1.000. The van der Waals surface area contributed by atoms with Crippen LogP contribution in [0.25, 0.3) is 0 Å². The van der Waals surface area contributed by atoms with Gasteiger partial charge >= 0.3 is 6.36 Å². The summed E-state index contributed by atoms with van der Waals surface area (Å²) in [7, 11) is 1.45. The van der Waals surface area contributed by atoms with E-state index >= 15 is 0 Å². The number of alkyl halides is 3. The second-order valence-corrected chi connectivity index (χ2v) is 10.4. The van der Waals surface area contributed by atoms with Gasteiger partial charge in [0.25, 0.3) is 5.91 Å². The Morgan fingerprint density at radius 3 is 2.25 bits per heavy atom. The molecule has 2 heterocycles. The Hall–Kier alpha value is -3.96. The SMILES string of the molecule is CC(C)[C@@H](NC(=O)c1cc(OC(F)(F)F)ccc1F)C(=O)N1CCC2(CC1)C(=O)N(C)C(=O)C2c1ccccc1. The molecule has 2 atom stereocenters. The molecule has 0 aromatic heterocycles. The topological polar surface area (TPSA) is 96.0 Å². The highest BCUT2D eigenvalue weighted by atomic mass is 19.4. The lowest BCUT2D eigenvalue weighted by molar-refractivity contribution is -0.274. The summed E-state index contributed by atoms with van der Waals surface area (Å²) in [6.45, 7) is 3.59. The van der Waals surface area contributed by atoms with Gasteiger partial charge in [-0.15, -0.1) is 13.2 Å². The van der Waals surface area contributed by atoms with Gasteiger partial charge in [-0.2, -0.15) is 0 Å². The van der Waals surface area contributed by atoms with Crippen molar-refractivity contribution in [2.75, 3.05) is 20.1 Å². The molecular formula is C28H29F4N3O5. The molecule has 12 heteroatoms. The number of carbonyl (C=O) groups excluding carboxylic acids is 4. The first-order valence-electron chi connectivity index (χ1n) is 12.8. The Bertz CT molecular complexity index is 1310. The van der Waals surface area contributed by atoms with Crippen molar-refractivity contribution < 1.29 is 41.5 Å². The summed E-state index contributed by atoms with van der Waals surface area (Å²) in [6.07, 6.45) is -4.60. The number of likely N-dealkylation sites (N-methyl/N-ethyl adjacent to an activating group) is 1. The summed E-state index contributed by atoms with van der Waals surface area (Å²) in [5, 5.41) is 2.44. The van der Waals surface area contributed by atoms with Crippen LogP contribution in [0.2, 0.25) is 0 Å². The molecule has 2 aliphatic heterocycles. The molecule has 2 fully saturated rings. The number of rotatable bonds is 6. The van der Waals surface area contributed by atoms with Crippen LogP contribution in [0.3, 0.4) is 0 Å². The van der Waals surface area contributed by atoms with E-state index in [1.165, 1.54) is 11.9 Å². The molecule has 4 rings (SSSR count). The highest BCUT2D eigenvalue weighted by Gasteiger charge is 2.59. The van der Waals surface area contributed by atoms with Gasteiger partial charge in [0.05, 0.1) is 16.9 Å². The number of nitrogens with one attached hydrogen (secondary N) is 1. The molecule has 8 nitrogen and oxygen atoms in total. The minimum Gasteiger partial charge on any atom is -0.406 e. The Kier molecular flexibility index (Phi) is 7.91. The highest BCUT2D eigenvalue weighted by molar-refractivity contribution is 6.10.